The summed E-state index contributed by atoms with van der Waals surface area (Å²) < 4.78 is 1.62. The van der Waals surface area contributed by atoms with E-state index in [1.54, 1.807) is 4.68 Å². The Morgan fingerprint density at radius 3 is 2.24 bits per heavy atom. The van der Waals surface area contributed by atoms with Crippen LogP contribution >= 0.6 is 0 Å². The van der Waals surface area contributed by atoms with E-state index in [0.717, 1.165) is 29.1 Å². The van der Waals surface area contributed by atoms with Gasteiger partial charge >= 0.3 is 0 Å². The van der Waals surface area contributed by atoms with E-state index in [1.165, 1.54) is 0 Å². The van der Waals surface area contributed by atoms with Crippen molar-refractivity contribution >= 4 is 5.82 Å². The van der Waals surface area contributed by atoms with Gasteiger partial charge in [0, 0.05) is 17.0 Å². The summed E-state index contributed by atoms with van der Waals surface area (Å²) in [5.74, 6) is 1.18. The van der Waals surface area contributed by atoms with Crippen molar-refractivity contribution in [2.75, 3.05) is 5.73 Å². The van der Waals surface area contributed by atoms with Gasteiger partial charge in [-0.25, -0.2) is 9.97 Å². The van der Waals surface area contributed by atoms with E-state index < -0.39 is 0 Å². The quantitative estimate of drug-likeness (QED) is 0.854. The van der Waals surface area contributed by atoms with E-state index in [9.17, 15) is 0 Å². The van der Waals surface area contributed by atoms with Crippen LogP contribution in [0, 0.1) is 20.8 Å². The number of nitrogens with zero attached hydrogens (tertiary/aromatic N) is 4. The molecule has 0 spiro atoms. The molecule has 2 aromatic rings. The molecule has 2 heterocycles. The fourth-order valence-corrected chi connectivity index (χ4v) is 1.97. The van der Waals surface area contributed by atoms with E-state index in [0.29, 0.717) is 11.8 Å². The lowest BCUT2D eigenvalue weighted by atomic mass is 10.2. The number of hydrogen-bond donors (Lipinski definition) is 1. The Hall–Kier alpha value is -1.91. The van der Waals surface area contributed by atoms with Crippen molar-refractivity contribution in [3.05, 3.63) is 28.7 Å². The first kappa shape index (κ1) is 11.6. The molecule has 0 atom stereocenters. The Bertz CT molecular complexity index is 536. The molecule has 0 unspecified atom stereocenters. The average molecular weight is 231 g/mol. The fourth-order valence-electron chi connectivity index (χ4n) is 1.97. The van der Waals surface area contributed by atoms with Crippen LogP contribution in [0.1, 0.15) is 29.6 Å². The highest BCUT2D eigenvalue weighted by molar-refractivity contribution is 5.46. The number of hydrogen-bond acceptors (Lipinski definition) is 4. The van der Waals surface area contributed by atoms with E-state index in [1.807, 2.05) is 26.8 Å². The highest BCUT2D eigenvalue weighted by Crippen LogP contribution is 2.19. The topological polar surface area (TPSA) is 69.6 Å². The van der Waals surface area contributed by atoms with Crippen molar-refractivity contribution in [3.8, 4) is 5.95 Å². The monoisotopic (exact) mass is 231 g/mol. The molecule has 0 saturated carbocycles. The first-order chi connectivity index (χ1) is 8.02. The SMILES string of the molecule is CCc1c(C)nn(-c2nc(C)cc(C)n2)c1N. The third-order valence-corrected chi connectivity index (χ3v) is 2.74. The minimum Gasteiger partial charge on any atom is -0.383 e. The summed E-state index contributed by atoms with van der Waals surface area (Å²) >= 11 is 0. The van der Waals surface area contributed by atoms with Gasteiger partial charge < -0.3 is 5.73 Å². The minimum absolute atomic E-state index is 0.544. The molecule has 0 fully saturated rings. The smallest absolute Gasteiger partial charge is 0.252 e. The predicted molar refractivity (Wildman–Crippen MR) is 67.2 cm³/mol. The largest absolute Gasteiger partial charge is 0.383 e. The molecule has 17 heavy (non-hydrogen) atoms. The summed E-state index contributed by atoms with van der Waals surface area (Å²) in [6.45, 7) is 7.89. The summed E-state index contributed by atoms with van der Waals surface area (Å²) in [7, 11) is 0. The maximum atomic E-state index is 6.07. The second-order valence-corrected chi connectivity index (χ2v) is 4.17. The Morgan fingerprint density at radius 2 is 1.76 bits per heavy atom. The molecule has 0 aliphatic rings. The second-order valence-electron chi connectivity index (χ2n) is 4.17. The predicted octanol–water partition coefficient (Wildman–Crippen LogP) is 1.73. The number of aryl methyl sites for hydroxylation is 3. The molecule has 0 radical (unpaired) electrons. The van der Waals surface area contributed by atoms with Crippen LogP contribution in [0.3, 0.4) is 0 Å². The first-order valence-electron chi connectivity index (χ1n) is 5.69. The van der Waals surface area contributed by atoms with Crippen LogP contribution in [-0.2, 0) is 6.42 Å². The van der Waals surface area contributed by atoms with Crippen LogP contribution in [0.25, 0.3) is 5.95 Å². The summed E-state index contributed by atoms with van der Waals surface area (Å²) in [5, 5.41) is 4.40. The van der Waals surface area contributed by atoms with Gasteiger partial charge in [0.15, 0.2) is 0 Å². The molecule has 2 N–H and O–H groups in total. The van der Waals surface area contributed by atoms with Gasteiger partial charge in [-0.15, -0.1) is 0 Å². The van der Waals surface area contributed by atoms with Crippen molar-refractivity contribution in [1.82, 2.24) is 19.7 Å². The Labute approximate surface area is 101 Å². The molecule has 0 saturated heterocycles. The van der Waals surface area contributed by atoms with Gasteiger partial charge in [0.25, 0.3) is 5.95 Å². The van der Waals surface area contributed by atoms with Gasteiger partial charge in [-0.3, -0.25) is 0 Å². The van der Waals surface area contributed by atoms with Crippen LogP contribution in [0.2, 0.25) is 0 Å². The summed E-state index contributed by atoms with van der Waals surface area (Å²) in [6, 6.07) is 1.93. The zero-order chi connectivity index (χ0) is 12.6. The Morgan fingerprint density at radius 1 is 1.18 bits per heavy atom. The zero-order valence-corrected chi connectivity index (χ0v) is 10.7. The molecule has 5 nitrogen and oxygen atoms in total. The third kappa shape index (κ3) is 2.00. The van der Waals surface area contributed by atoms with Crippen molar-refractivity contribution in [3.63, 3.8) is 0 Å². The van der Waals surface area contributed by atoms with Crippen LogP contribution in [-0.4, -0.2) is 19.7 Å². The van der Waals surface area contributed by atoms with Crippen molar-refractivity contribution in [1.29, 1.82) is 0 Å². The standard InChI is InChI=1S/C12H17N5/c1-5-10-9(4)16-17(11(10)13)12-14-7(2)6-8(3)15-12/h6H,5,13H2,1-4H3. The lowest BCUT2D eigenvalue weighted by molar-refractivity contribution is 0.792. The van der Waals surface area contributed by atoms with Crippen LogP contribution in [0.15, 0.2) is 6.07 Å². The number of anilines is 1. The number of nitrogens with two attached hydrogens (primary N) is 1. The Kier molecular flexibility index (Phi) is 2.83. The molecule has 2 aromatic heterocycles. The molecular weight excluding hydrogens is 214 g/mol. The molecule has 0 aliphatic heterocycles. The molecule has 0 aliphatic carbocycles. The van der Waals surface area contributed by atoms with Gasteiger partial charge in [-0.1, -0.05) is 6.92 Å². The molecule has 5 heteroatoms. The molecule has 0 amide bonds. The van der Waals surface area contributed by atoms with Gasteiger partial charge in [0.2, 0.25) is 0 Å². The fraction of sp³-hybridized carbons (Fsp3) is 0.417. The second kappa shape index (κ2) is 4.16. The highest BCUT2D eigenvalue weighted by Gasteiger charge is 2.14. The maximum Gasteiger partial charge on any atom is 0.252 e. The van der Waals surface area contributed by atoms with Crippen LogP contribution < -0.4 is 5.73 Å². The normalized spacial score (nSPS) is 10.8. The molecule has 0 aromatic carbocycles. The van der Waals surface area contributed by atoms with Crippen molar-refractivity contribution < 1.29 is 0 Å². The average Bonchev–Trinajstić information content (AvgIpc) is 2.52. The number of aromatic nitrogens is 4. The summed E-state index contributed by atoms with van der Waals surface area (Å²) in [4.78, 5) is 8.73. The third-order valence-electron chi connectivity index (χ3n) is 2.74. The summed E-state index contributed by atoms with van der Waals surface area (Å²) in [6.07, 6.45) is 0.864. The summed E-state index contributed by atoms with van der Waals surface area (Å²) in [5.41, 5.74) is 9.90. The first-order valence-corrected chi connectivity index (χ1v) is 5.69. The van der Waals surface area contributed by atoms with Gasteiger partial charge in [-0.05, 0) is 33.3 Å². The maximum absolute atomic E-state index is 6.07. The highest BCUT2D eigenvalue weighted by atomic mass is 15.4. The zero-order valence-electron chi connectivity index (χ0n) is 10.7. The van der Waals surface area contributed by atoms with Crippen molar-refractivity contribution in [2.45, 2.75) is 34.1 Å². The molecule has 2 rings (SSSR count). The molecular formula is C12H17N5. The van der Waals surface area contributed by atoms with Gasteiger partial charge in [-0.2, -0.15) is 9.78 Å². The minimum atomic E-state index is 0.544. The van der Waals surface area contributed by atoms with Gasteiger partial charge in [0.1, 0.15) is 5.82 Å². The van der Waals surface area contributed by atoms with E-state index >= 15 is 0 Å². The number of nitrogen functional groups attached to an aromatic ring is 1. The molecule has 90 valence electrons. The lowest BCUT2D eigenvalue weighted by Crippen LogP contribution is -2.08. The Balaban J connectivity index is 2.60. The lowest BCUT2D eigenvalue weighted by Gasteiger charge is -2.04. The molecule has 0 bridgehead atoms. The van der Waals surface area contributed by atoms with E-state index in [2.05, 4.69) is 22.0 Å². The van der Waals surface area contributed by atoms with E-state index in [-0.39, 0.29) is 0 Å². The van der Waals surface area contributed by atoms with Crippen molar-refractivity contribution in [2.24, 2.45) is 0 Å². The van der Waals surface area contributed by atoms with E-state index in [4.69, 9.17) is 5.73 Å². The van der Waals surface area contributed by atoms with Crippen LogP contribution in [0.5, 0.6) is 0 Å². The van der Waals surface area contributed by atoms with Gasteiger partial charge in [0.05, 0.1) is 5.69 Å². The number of rotatable bonds is 2. The van der Waals surface area contributed by atoms with Crippen LogP contribution in [0.4, 0.5) is 5.82 Å².